The monoisotopic (exact) mass is 271 g/mol. The zero-order valence-corrected chi connectivity index (χ0v) is 10.8. The number of aromatic nitrogens is 6. The van der Waals surface area contributed by atoms with Crippen molar-refractivity contribution in [1.82, 2.24) is 29.7 Å². The summed E-state index contributed by atoms with van der Waals surface area (Å²) in [5.41, 5.74) is 6.15. The summed E-state index contributed by atoms with van der Waals surface area (Å²) in [4.78, 5) is 16.3. The van der Waals surface area contributed by atoms with Gasteiger partial charge in [-0.05, 0) is 6.42 Å². The van der Waals surface area contributed by atoms with Crippen LogP contribution >= 0.6 is 0 Å². The molecule has 2 N–H and O–H groups in total. The topological polar surface area (TPSA) is 109 Å². The van der Waals surface area contributed by atoms with E-state index in [4.69, 9.17) is 10.3 Å². The second-order valence-corrected chi connectivity index (χ2v) is 4.22. The smallest absolute Gasteiger partial charge is 0.250 e. The summed E-state index contributed by atoms with van der Waals surface area (Å²) in [5.74, 6) is 1.27. The summed E-state index contributed by atoms with van der Waals surface area (Å²) in [6.07, 6.45) is 7.48. The van der Waals surface area contributed by atoms with Gasteiger partial charge in [0.15, 0.2) is 0 Å². The van der Waals surface area contributed by atoms with Crippen LogP contribution < -0.4 is 5.73 Å². The Labute approximate surface area is 114 Å². The van der Waals surface area contributed by atoms with Crippen molar-refractivity contribution < 1.29 is 4.52 Å². The number of nitrogens with zero attached hydrogens (tertiary/aromatic N) is 6. The molecule has 0 amide bonds. The first-order valence-electron chi connectivity index (χ1n) is 6.17. The molecule has 0 aliphatic heterocycles. The third-order valence-electron chi connectivity index (χ3n) is 2.92. The Hall–Kier alpha value is -2.77. The van der Waals surface area contributed by atoms with Crippen LogP contribution in [0.2, 0.25) is 0 Å². The summed E-state index contributed by atoms with van der Waals surface area (Å²) < 4.78 is 7.25. The van der Waals surface area contributed by atoms with Crippen LogP contribution in [-0.2, 0) is 0 Å². The van der Waals surface area contributed by atoms with Crippen LogP contribution in [0, 0.1) is 0 Å². The molecule has 0 bridgehead atoms. The molecule has 20 heavy (non-hydrogen) atoms. The maximum Gasteiger partial charge on any atom is 0.250 e. The Kier molecular flexibility index (Phi) is 3.12. The quantitative estimate of drug-likeness (QED) is 0.761. The minimum Gasteiger partial charge on any atom is -0.384 e. The molecule has 8 nitrogen and oxygen atoms in total. The average Bonchev–Trinajstić information content (AvgIpc) is 3.11. The van der Waals surface area contributed by atoms with Crippen LogP contribution in [0.1, 0.15) is 25.3 Å². The number of nitrogen functional groups attached to an aromatic ring is 1. The van der Waals surface area contributed by atoms with Gasteiger partial charge in [0.2, 0.25) is 11.7 Å². The third-order valence-corrected chi connectivity index (χ3v) is 2.92. The Morgan fingerprint density at radius 3 is 3.00 bits per heavy atom. The van der Waals surface area contributed by atoms with Gasteiger partial charge in [0, 0.05) is 18.5 Å². The lowest BCUT2D eigenvalue weighted by Crippen LogP contribution is -2.08. The largest absolute Gasteiger partial charge is 0.384 e. The van der Waals surface area contributed by atoms with Crippen molar-refractivity contribution in [2.45, 2.75) is 19.4 Å². The second-order valence-electron chi connectivity index (χ2n) is 4.22. The molecule has 0 saturated heterocycles. The summed E-state index contributed by atoms with van der Waals surface area (Å²) >= 11 is 0. The van der Waals surface area contributed by atoms with E-state index < -0.39 is 0 Å². The van der Waals surface area contributed by atoms with Gasteiger partial charge in [0.05, 0.1) is 6.33 Å². The number of anilines is 1. The highest BCUT2D eigenvalue weighted by Crippen LogP contribution is 2.22. The SMILES string of the molecule is CCC(c1nc(-c2cc(N)ncn2)no1)n1ccnc1. The van der Waals surface area contributed by atoms with Crippen LogP contribution in [0.15, 0.2) is 35.6 Å². The molecule has 0 spiro atoms. The summed E-state index contributed by atoms with van der Waals surface area (Å²) in [6.45, 7) is 2.04. The molecule has 0 radical (unpaired) electrons. The van der Waals surface area contributed by atoms with E-state index in [0.717, 1.165) is 6.42 Å². The van der Waals surface area contributed by atoms with Gasteiger partial charge in [-0.25, -0.2) is 15.0 Å². The molecular weight excluding hydrogens is 258 g/mol. The normalized spacial score (nSPS) is 12.4. The van der Waals surface area contributed by atoms with Crippen molar-refractivity contribution in [3.63, 3.8) is 0 Å². The van der Waals surface area contributed by atoms with Gasteiger partial charge in [-0.15, -0.1) is 0 Å². The number of imidazole rings is 1. The Morgan fingerprint density at radius 1 is 1.40 bits per heavy atom. The van der Waals surface area contributed by atoms with Crippen molar-refractivity contribution in [3.8, 4) is 11.5 Å². The fourth-order valence-electron chi connectivity index (χ4n) is 1.94. The van der Waals surface area contributed by atoms with Crippen LogP contribution in [-0.4, -0.2) is 29.7 Å². The molecule has 1 unspecified atom stereocenters. The van der Waals surface area contributed by atoms with Crippen LogP contribution in [0.3, 0.4) is 0 Å². The van der Waals surface area contributed by atoms with Gasteiger partial charge >= 0.3 is 0 Å². The number of hydrogen-bond acceptors (Lipinski definition) is 7. The molecule has 0 aromatic carbocycles. The van der Waals surface area contributed by atoms with Gasteiger partial charge in [-0.1, -0.05) is 12.1 Å². The van der Waals surface area contributed by atoms with Gasteiger partial charge < -0.3 is 14.8 Å². The number of nitrogens with two attached hydrogens (primary N) is 1. The van der Waals surface area contributed by atoms with Gasteiger partial charge in [-0.2, -0.15) is 4.98 Å². The zero-order valence-electron chi connectivity index (χ0n) is 10.8. The number of rotatable bonds is 4. The van der Waals surface area contributed by atoms with Crippen molar-refractivity contribution in [1.29, 1.82) is 0 Å². The highest BCUT2D eigenvalue weighted by atomic mass is 16.5. The molecule has 3 aromatic heterocycles. The van der Waals surface area contributed by atoms with Crippen molar-refractivity contribution in [3.05, 3.63) is 37.0 Å². The van der Waals surface area contributed by atoms with E-state index in [1.807, 2.05) is 17.7 Å². The predicted molar refractivity (Wildman–Crippen MR) is 70.4 cm³/mol. The minimum atomic E-state index is -0.0436. The van der Waals surface area contributed by atoms with E-state index in [0.29, 0.717) is 23.2 Å². The summed E-state index contributed by atoms with van der Waals surface area (Å²) in [5, 5.41) is 3.94. The lowest BCUT2D eigenvalue weighted by atomic mass is 10.2. The first kappa shape index (κ1) is 12.3. The first-order valence-corrected chi connectivity index (χ1v) is 6.17. The summed E-state index contributed by atoms with van der Waals surface area (Å²) in [6, 6.07) is 1.56. The summed E-state index contributed by atoms with van der Waals surface area (Å²) in [7, 11) is 0. The van der Waals surface area contributed by atoms with E-state index in [1.165, 1.54) is 6.33 Å². The fraction of sp³-hybridized carbons (Fsp3) is 0.250. The number of hydrogen-bond donors (Lipinski definition) is 1. The van der Waals surface area contributed by atoms with Crippen LogP contribution in [0.4, 0.5) is 5.82 Å². The van der Waals surface area contributed by atoms with E-state index in [-0.39, 0.29) is 6.04 Å². The molecule has 0 aliphatic rings. The molecule has 1 atom stereocenters. The second kappa shape index (κ2) is 5.08. The Morgan fingerprint density at radius 2 is 2.30 bits per heavy atom. The van der Waals surface area contributed by atoms with E-state index >= 15 is 0 Å². The molecule has 3 aromatic rings. The highest BCUT2D eigenvalue weighted by molar-refractivity contribution is 5.52. The lowest BCUT2D eigenvalue weighted by Gasteiger charge is -2.10. The maximum absolute atomic E-state index is 5.62. The average molecular weight is 271 g/mol. The molecule has 0 fully saturated rings. The highest BCUT2D eigenvalue weighted by Gasteiger charge is 2.19. The van der Waals surface area contributed by atoms with Crippen molar-refractivity contribution >= 4 is 5.82 Å². The van der Waals surface area contributed by atoms with Gasteiger partial charge in [0.25, 0.3) is 0 Å². The fourth-order valence-corrected chi connectivity index (χ4v) is 1.94. The Bertz CT molecular complexity index is 691. The lowest BCUT2D eigenvalue weighted by molar-refractivity contribution is 0.332. The van der Waals surface area contributed by atoms with Crippen molar-refractivity contribution in [2.75, 3.05) is 5.73 Å². The van der Waals surface area contributed by atoms with Crippen LogP contribution in [0.25, 0.3) is 11.5 Å². The van der Waals surface area contributed by atoms with E-state index in [2.05, 4.69) is 25.1 Å². The molecule has 3 rings (SSSR count). The maximum atomic E-state index is 5.62. The molecule has 0 saturated carbocycles. The molecular formula is C12H13N7O. The van der Waals surface area contributed by atoms with Gasteiger partial charge in [-0.3, -0.25) is 0 Å². The van der Waals surface area contributed by atoms with Gasteiger partial charge in [0.1, 0.15) is 23.9 Å². The molecule has 3 heterocycles. The third kappa shape index (κ3) is 2.22. The van der Waals surface area contributed by atoms with Crippen LogP contribution in [0.5, 0.6) is 0 Å². The first-order chi connectivity index (χ1) is 9.78. The minimum absolute atomic E-state index is 0.0436. The Balaban J connectivity index is 1.93. The molecule has 102 valence electrons. The van der Waals surface area contributed by atoms with E-state index in [9.17, 15) is 0 Å². The zero-order chi connectivity index (χ0) is 13.9. The van der Waals surface area contributed by atoms with E-state index in [1.54, 1.807) is 18.6 Å². The van der Waals surface area contributed by atoms with Crippen molar-refractivity contribution in [2.24, 2.45) is 0 Å². The predicted octanol–water partition coefficient (Wildman–Crippen LogP) is 1.30. The molecule has 0 aliphatic carbocycles. The standard InChI is InChI=1S/C12H13N7O/c1-2-9(19-4-3-14-7-19)12-17-11(18-20-12)8-5-10(13)16-6-15-8/h3-7,9H,2H2,1H3,(H2,13,15,16). The molecule has 8 heteroatoms.